The third kappa shape index (κ3) is 3.94. The molecule has 1 amide bonds. The van der Waals surface area contributed by atoms with Crippen molar-refractivity contribution in [3.8, 4) is 0 Å². The Bertz CT molecular complexity index is 1200. The van der Waals surface area contributed by atoms with Crippen molar-refractivity contribution in [2.45, 2.75) is 11.8 Å². The Morgan fingerprint density at radius 3 is 2.57 bits per heavy atom. The Morgan fingerprint density at radius 1 is 1.03 bits per heavy atom. The van der Waals surface area contributed by atoms with Crippen LogP contribution >= 0.6 is 0 Å². The summed E-state index contributed by atoms with van der Waals surface area (Å²) in [5.74, 6) is -0.362. The highest BCUT2D eigenvalue weighted by molar-refractivity contribution is 7.89. The molecule has 0 radical (unpaired) electrons. The molecule has 0 atom stereocenters. The van der Waals surface area contributed by atoms with Crippen molar-refractivity contribution in [2.75, 3.05) is 38.5 Å². The van der Waals surface area contributed by atoms with E-state index in [1.807, 2.05) is 38.2 Å². The van der Waals surface area contributed by atoms with Crippen LogP contribution in [-0.2, 0) is 10.0 Å². The number of pyridine rings is 1. The minimum Gasteiger partial charge on any atom is -0.321 e. The molecule has 1 N–H and O–H groups in total. The van der Waals surface area contributed by atoms with Gasteiger partial charge in [-0.15, -0.1) is 0 Å². The van der Waals surface area contributed by atoms with Crippen LogP contribution in [0, 0.1) is 6.92 Å². The summed E-state index contributed by atoms with van der Waals surface area (Å²) >= 11 is 0. The Labute approximate surface area is 176 Å². The zero-order valence-electron chi connectivity index (χ0n) is 17.0. The molecule has 0 unspecified atom stereocenters. The lowest BCUT2D eigenvalue weighted by atomic mass is 10.1. The van der Waals surface area contributed by atoms with E-state index in [0.717, 1.165) is 16.5 Å². The number of nitrogens with zero attached hydrogens (tertiary/aromatic N) is 3. The summed E-state index contributed by atoms with van der Waals surface area (Å²) < 4.78 is 27.5. The molecule has 0 saturated carbocycles. The van der Waals surface area contributed by atoms with E-state index in [9.17, 15) is 13.2 Å². The third-order valence-electron chi connectivity index (χ3n) is 5.42. The molecule has 0 aliphatic carbocycles. The quantitative estimate of drug-likeness (QED) is 0.696. The standard InChI is InChI=1S/C22H24N4O3S/c1-16-8-9-20(19-7-4-10-23-21(16)19)24-22(27)17-5-3-6-18(15-17)30(28,29)26-13-11-25(2)12-14-26/h3-10,15H,11-14H2,1-2H3,(H,24,27). The summed E-state index contributed by atoms with van der Waals surface area (Å²) in [7, 11) is -1.67. The maximum Gasteiger partial charge on any atom is 0.255 e. The van der Waals surface area contributed by atoms with Gasteiger partial charge in [-0.2, -0.15) is 4.31 Å². The fourth-order valence-corrected chi connectivity index (χ4v) is 5.06. The van der Waals surface area contributed by atoms with E-state index in [2.05, 4.69) is 15.2 Å². The Balaban J connectivity index is 1.60. The second-order valence-electron chi connectivity index (χ2n) is 7.52. The number of anilines is 1. The van der Waals surface area contributed by atoms with Crippen molar-refractivity contribution in [3.05, 3.63) is 65.9 Å². The molecule has 3 aromatic rings. The van der Waals surface area contributed by atoms with Crippen LogP contribution in [0.5, 0.6) is 0 Å². The summed E-state index contributed by atoms with van der Waals surface area (Å²) in [5.41, 5.74) is 2.77. The molecule has 1 aliphatic heterocycles. The number of fused-ring (bicyclic) bond motifs is 1. The summed E-state index contributed by atoms with van der Waals surface area (Å²) in [6.45, 7) is 4.23. The SMILES string of the molecule is Cc1ccc(NC(=O)c2cccc(S(=O)(=O)N3CCN(C)CC3)c2)c2cccnc12. The number of hydrogen-bond donors (Lipinski definition) is 1. The zero-order valence-corrected chi connectivity index (χ0v) is 17.8. The van der Waals surface area contributed by atoms with Gasteiger partial charge in [0.25, 0.3) is 5.91 Å². The number of carbonyl (C=O) groups is 1. The van der Waals surface area contributed by atoms with Crippen molar-refractivity contribution < 1.29 is 13.2 Å². The maximum absolute atomic E-state index is 13.0. The van der Waals surface area contributed by atoms with E-state index in [0.29, 0.717) is 37.4 Å². The summed E-state index contributed by atoms with van der Waals surface area (Å²) in [5, 5.41) is 3.74. The fourth-order valence-electron chi connectivity index (χ4n) is 3.59. The van der Waals surface area contributed by atoms with E-state index < -0.39 is 10.0 Å². The minimum absolute atomic E-state index is 0.134. The number of nitrogens with one attached hydrogen (secondary N) is 1. The number of likely N-dealkylation sites (N-methyl/N-ethyl adjacent to an activating group) is 1. The highest BCUT2D eigenvalue weighted by Gasteiger charge is 2.28. The molecular formula is C22H24N4O3S. The average molecular weight is 425 g/mol. The number of hydrogen-bond acceptors (Lipinski definition) is 5. The largest absolute Gasteiger partial charge is 0.321 e. The first-order valence-corrected chi connectivity index (χ1v) is 11.2. The number of carbonyl (C=O) groups excluding carboxylic acids is 1. The Hall–Kier alpha value is -2.81. The lowest BCUT2D eigenvalue weighted by Crippen LogP contribution is -2.47. The molecule has 8 heteroatoms. The van der Waals surface area contributed by atoms with Gasteiger partial charge in [-0.05, 0) is 55.9 Å². The van der Waals surface area contributed by atoms with Gasteiger partial charge in [0.15, 0.2) is 0 Å². The van der Waals surface area contributed by atoms with Crippen molar-refractivity contribution in [1.29, 1.82) is 0 Å². The minimum atomic E-state index is -3.64. The van der Waals surface area contributed by atoms with Gasteiger partial charge >= 0.3 is 0 Å². The van der Waals surface area contributed by atoms with E-state index in [1.54, 1.807) is 18.3 Å². The van der Waals surface area contributed by atoms with Crippen molar-refractivity contribution in [3.63, 3.8) is 0 Å². The van der Waals surface area contributed by atoms with Crippen LogP contribution in [-0.4, -0.2) is 61.7 Å². The van der Waals surface area contributed by atoms with Gasteiger partial charge in [-0.25, -0.2) is 8.42 Å². The van der Waals surface area contributed by atoms with Crippen molar-refractivity contribution in [2.24, 2.45) is 0 Å². The molecule has 30 heavy (non-hydrogen) atoms. The van der Waals surface area contributed by atoms with Crippen LogP contribution < -0.4 is 5.32 Å². The molecule has 0 bridgehead atoms. The molecular weight excluding hydrogens is 400 g/mol. The number of rotatable bonds is 4. The van der Waals surface area contributed by atoms with E-state index in [-0.39, 0.29) is 10.8 Å². The van der Waals surface area contributed by atoms with E-state index in [4.69, 9.17) is 0 Å². The van der Waals surface area contributed by atoms with Crippen LogP contribution in [0.4, 0.5) is 5.69 Å². The smallest absolute Gasteiger partial charge is 0.255 e. The lowest BCUT2D eigenvalue weighted by molar-refractivity contribution is 0.102. The highest BCUT2D eigenvalue weighted by atomic mass is 32.2. The first-order valence-electron chi connectivity index (χ1n) is 9.81. The highest BCUT2D eigenvalue weighted by Crippen LogP contribution is 2.25. The molecule has 1 fully saturated rings. The van der Waals surface area contributed by atoms with Gasteiger partial charge in [0.2, 0.25) is 10.0 Å². The molecule has 4 rings (SSSR count). The summed E-state index contributed by atoms with van der Waals surface area (Å²) in [4.78, 5) is 19.5. The number of amides is 1. The van der Waals surface area contributed by atoms with Crippen molar-refractivity contribution in [1.82, 2.24) is 14.2 Å². The summed E-state index contributed by atoms with van der Waals surface area (Å²) in [6.07, 6.45) is 1.72. The van der Waals surface area contributed by atoms with Gasteiger partial charge in [0.1, 0.15) is 0 Å². The Morgan fingerprint density at radius 2 is 1.80 bits per heavy atom. The van der Waals surface area contributed by atoms with Gasteiger partial charge in [0, 0.05) is 43.3 Å². The average Bonchev–Trinajstić information content (AvgIpc) is 2.76. The molecule has 156 valence electrons. The zero-order chi connectivity index (χ0) is 21.3. The monoisotopic (exact) mass is 424 g/mol. The predicted octanol–water partition coefficient (Wildman–Crippen LogP) is 2.73. The molecule has 7 nitrogen and oxygen atoms in total. The second-order valence-corrected chi connectivity index (χ2v) is 9.46. The van der Waals surface area contributed by atoms with Crippen LogP contribution in [0.3, 0.4) is 0 Å². The predicted molar refractivity (Wildman–Crippen MR) is 117 cm³/mol. The van der Waals surface area contributed by atoms with Crippen LogP contribution in [0.2, 0.25) is 0 Å². The number of aryl methyl sites for hydroxylation is 1. The topological polar surface area (TPSA) is 82.6 Å². The normalized spacial score (nSPS) is 15.9. The molecule has 1 aromatic heterocycles. The number of aromatic nitrogens is 1. The van der Waals surface area contributed by atoms with Crippen molar-refractivity contribution >= 4 is 32.5 Å². The fraction of sp³-hybridized carbons (Fsp3) is 0.273. The first-order chi connectivity index (χ1) is 14.4. The number of piperazine rings is 1. The maximum atomic E-state index is 13.0. The van der Waals surface area contributed by atoms with Gasteiger partial charge in [0.05, 0.1) is 16.1 Å². The third-order valence-corrected chi connectivity index (χ3v) is 7.31. The van der Waals surface area contributed by atoms with E-state index in [1.165, 1.54) is 16.4 Å². The molecule has 2 heterocycles. The van der Waals surface area contributed by atoms with Gasteiger partial charge < -0.3 is 10.2 Å². The van der Waals surface area contributed by atoms with E-state index >= 15 is 0 Å². The van der Waals surface area contributed by atoms with Crippen LogP contribution in [0.1, 0.15) is 15.9 Å². The lowest BCUT2D eigenvalue weighted by Gasteiger charge is -2.31. The van der Waals surface area contributed by atoms with Crippen LogP contribution in [0.25, 0.3) is 10.9 Å². The Kier molecular flexibility index (Phi) is 5.55. The van der Waals surface area contributed by atoms with Gasteiger partial charge in [-0.1, -0.05) is 12.1 Å². The molecule has 2 aromatic carbocycles. The summed E-state index contributed by atoms with van der Waals surface area (Å²) in [6, 6.07) is 13.7. The molecule has 1 saturated heterocycles. The first kappa shape index (κ1) is 20.5. The second kappa shape index (κ2) is 8.14. The molecule has 0 spiro atoms. The van der Waals surface area contributed by atoms with Gasteiger partial charge in [-0.3, -0.25) is 9.78 Å². The van der Waals surface area contributed by atoms with Crippen LogP contribution in [0.15, 0.2) is 59.6 Å². The number of sulfonamides is 1. The number of benzene rings is 2. The molecule has 1 aliphatic rings.